The third-order valence-corrected chi connectivity index (χ3v) is 4.73. The molecule has 0 aliphatic rings. The molecular weight excluding hydrogens is 364 g/mol. The highest BCUT2D eigenvalue weighted by molar-refractivity contribution is 7.14. The summed E-state index contributed by atoms with van der Waals surface area (Å²) in [7, 11) is 1.57. The molecule has 7 heteroatoms. The molecule has 27 heavy (non-hydrogen) atoms. The van der Waals surface area contributed by atoms with Crippen molar-refractivity contribution in [1.29, 1.82) is 0 Å². The van der Waals surface area contributed by atoms with Gasteiger partial charge in [0.25, 0.3) is 5.91 Å². The first kappa shape index (κ1) is 17.0. The fourth-order valence-corrected chi connectivity index (χ4v) is 3.33. The molecule has 4 aromatic rings. The van der Waals surface area contributed by atoms with Gasteiger partial charge in [0.05, 0.1) is 18.4 Å². The normalized spacial score (nSPS) is 10.7. The van der Waals surface area contributed by atoms with Gasteiger partial charge >= 0.3 is 5.63 Å². The summed E-state index contributed by atoms with van der Waals surface area (Å²) in [6.07, 6.45) is 0. The zero-order chi connectivity index (χ0) is 18.8. The molecule has 0 radical (unpaired) electrons. The molecule has 0 unspecified atom stereocenters. The Labute approximate surface area is 158 Å². The number of carbonyl (C=O) groups excluding carboxylic acids is 1. The van der Waals surface area contributed by atoms with Gasteiger partial charge in [0.1, 0.15) is 11.3 Å². The summed E-state index contributed by atoms with van der Waals surface area (Å²) in [6, 6.07) is 15.8. The van der Waals surface area contributed by atoms with Crippen LogP contribution in [0.25, 0.3) is 22.2 Å². The lowest BCUT2D eigenvalue weighted by molar-refractivity contribution is 0.102. The van der Waals surface area contributed by atoms with Gasteiger partial charge in [-0.05, 0) is 36.4 Å². The number of rotatable bonds is 4. The Morgan fingerprint density at radius 1 is 1.15 bits per heavy atom. The van der Waals surface area contributed by atoms with Crippen LogP contribution < -0.4 is 15.7 Å². The second-order valence-corrected chi connectivity index (χ2v) is 6.57. The molecule has 0 aliphatic carbocycles. The molecule has 1 N–H and O–H groups in total. The maximum Gasteiger partial charge on any atom is 0.345 e. The van der Waals surface area contributed by atoms with E-state index < -0.39 is 5.63 Å². The van der Waals surface area contributed by atoms with Crippen LogP contribution in [0.3, 0.4) is 0 Å². The third kappa shape index (κ3) is 3.45. The number of methoxy groups -OCH3 is 1. The molecule has 0 saturated heterocycles. The quantitative estimate of drug-likeness (QED) is 0.539. The van der Waals surface area contributed by atoms with Crippen molar-refractivity contribution in [1.82, 2.24) is 4.98 Å². The molecule has 0 aliphatic heterocycles. The summed E-state index contributed by atoms with van der Waals surface area (Å²) >= 11 is 1.24. The number of nitrogens with one attached hydrogen (secondary N) is 1. The fourth-order valence-electron chi connectivity index (χ4n) is 2.62. The lowest BCUT2D eigenvalue weighted by atomic mass is 10.1. The third-order valence-electron chi connectivity index (χ3n) is 3.98. The number of aromatic nitrogens is 1. The molecule has 2 heterocycles. The summed E-state index contributed by atoms with van der Waals surface area (Å²) < 4.78 is 10.6. The first-order chi connectivity index (χ1) is 13.1. The summed E-state index contributed by atoms with van der Waals surface area (Å²) in [6.45, 7) is 0. The number of fused-ring (bicyclic) bond motifs is 1. The van der Waals surface area contributed by atoms with Crippen molar-refractivity contribution in [2.24, 2.45) is 0 Å². The van der Waals surface area contributed by atoms with Crippen LogP contribution in [-0.4, -0.2) is 18.0 Å². The van der Waals surface area contributed by atoms with Gasteiger partial charge in [-0.1, -0.05) is 18.2 Å². The Balaban J connectivity index is 1.65. The van der Waals surface area contributed by atoms with E-state index in [1.165, 1.54) is 11.3 Å². The average Bonchev–Trinajstić information content (AvgIpc) is 3.16. The maximum atomic E-state index is 12.3. The Bertz CT molecular complexity index is 1180. The van der Waals surface area contributed by atoms with Crippen LogP contribution in [0.1, 0.15) is 10.4 Å². The smallest absolute Gasteiger partial charge is 0.345 e. The number of ether oxygens (including phenoxy) is 1. The fraction of sp³-hybridized carbons (Fsp3) is 0.0500. The van der Waals surface area contributed by atoms with Gasteiger partial charge in [-0.15, -0.1) is 11.3 Å². The number of hydrogen-bond donors (Lipinski definition) is 1. The molecule has 4 rings (SSSR count). The molecule has 0 fully saturated rings. The van der Waals surface area contributed by atoms with Crippen molar-refractivity contribution >= 4 is 33.3 Å². The molecule has 134 valence electrons. The van der Waals surface area contributed by atoms with Crippen LogP contribution in [0.2, 0.25) is 0 Å². The number of nitrogens with zero attached hydrogens (tertiary/aromatic N) is 1. The zero-order valence-electron chi connectivity index (χ0n) is 14.3. The lowest BCUT2D eigenvalue weighted by Crippen LogP contribution is -2.11. The standard InChI is InChI=1S/C20H14N2O4S/c1-25-14-7-8-17-13(9-14)10-15(19(24)26-17)16-11-27-20(21-16)22-18(23)12-5-3-2-4-6-12/h2-11H,1H3,(H,21,22,23). The van der Waals surface area contributed by atoms with Crippen LogP contribution >= 0.6 is 11.3 Å². The predicted octanol–water partition coefficient (Wildman–Crippen LogP) is 4.18. The van der Waals surface area contributed by atoms with Gasteiger partial charge in [-0.2, -0.15) is 0 Å². The van der Waals surface area contributed by atoms with E-state index >= 15 is 0 Å². The Hall–Kier alpha value is -3.45. The number of carbonyl (C=O) groups is 1. The second kappa shape index (κ2) is 7.05. The van der Waals surface area contributed by atoms with Crippen LogP contribution in [0.15, 0.2) is 69.2 Å². The van der Waals surface area contributed by atoms with Crippen molar-refractivity contribution in [3.63, 3.8) is 0 Å². The van der Waals surface area contributed by atoms with Crippen molar-refractivity contribution in [3.8, 4) is 17.0 Å². The number of anilines is 1. The molecule has 0 bridgehead atoms. The summed E-state index contributed by atoms with van der Waals surface area (Å²) in [4.78, 5) is 28.9. The number of hydrogen-bond acceptors (Lipinski definition) is 6. The SMILES string of the molecule is COc1ccc2oc(=O)c(-c3csc(NC(=O)c4ccccc4)n3)cc2c1. The van der Waals surface area contributed by atoms with Gasteiger partial charge < -0.3 is 9.15 Å². The van der Waals surface area contributed by atoms with E-state index in [4.69, 9.17) is 9.15 Å². The molecule has 0 saturated carbocycles. The Kier molecular flexibility index (Phi) is 4.43. The van der Waals surface area contributed by atoms with Crippen molar-refractivity contribution < 1.29 is 13.9 Å². The van der Waals surface area contributed by atoms with E-state index in [9.17, 15) is 9.59 Å². The first-order valence-electron chi connectivity index (χ1n) is 8.08. The van der Waals surface area contributed by atoms with Gasteiger partial charge in [0.15, 0.2) is 5.13 Å². The summed E-state index contributed by atoms with van der Waals surface area (Å²) in [5.41, 5.74) is 1.29. The highest BCUT2D eigenvalue weighted by Gasteiger charge is 2.14. The van der Waals surface area contributed by atoms with E-state index in [1.807, 2.05) is 6.07 Å². The lowest BCUT2D eigenvalue weighted by Gasteiger charge is -2.03. The largest absolute Gasteiger partial charge is 0.497 e. The van der Waals surface area contributed by atoms with Crippen molar-refractivity contribution in [2.75, 3.05) is 12.4 Å². The number of amides is 1. The van der Waals surface area contributed by atoms with E-state index in [2.05, 4.69) is 10.3 Å². The predicted molar refractivity (Wildman–Crippen MR) is 105 cm³/mol. The summed E-state index contributed by atoms with van der Waals surface area (Å²) in [5.74, 6) is 0.406. The maximum absolute atomic E-state index is 12.3. The van der Waals surface area contributed by atoms with E-state index in [0.29, 0.717) is 33.3 Å². The van der Waals surface area contributed by atoms with Crippen LogP contribution in [0, 0.1) is 0 Å². The topological polar surface area (TPSA) is 81.4 Å². The molecule has 1 amide bonds. The van der Waals surface area contributed by atoms with Gasteiger partial charge in [-0.25, -0.2) is 9.78 Å². The molecular formula is C20H14N2O4S. The Morgan fingerprint density at radius 2 is 1.96 bits per heavy atom. The van der Waals surface area contributed by atoms with Crippen molar-refractivity contribution in [3.05, 3.63) is 76.0 Å². The highest BCUT2D eigenvalue weighted by atomic mass is 32.1. The zero-order valence-corrected chi connectivity index (χ0v) is 15.1. The minimum atomic E-state index is -0.487. The van der Waals surface area contributed by atoms with Crippen LogP contribution in [0.4, 0.5) is 5.13 Å². The Morgan fingerprint density at radius 3 is 2.74 bits per heavy atom. The molecule has 2 aromatic carbocycles. The molecule has 0 atom stereocenters. The van der Waals surface area contributed by atoms with E-state index in [1.54, 1.807) is 61.0 Å². The molecule has 6 nitrogen and oxygen atoms in total. The van der Waals surface area contributed by atoms with Gasteiger partial charge in [0, 0.05) is 16.3 Å². The van der Waals surface area contributed by atoms with Crippen LogP contribution in [0.5, 0.6) is 5.75 Å². The van der Waals surface area contributed by atoms with Gasteiger partial charge in [0.2, 0.25) is 0 Å². The average molecular weight is 378 g/mol. The minimum Gasteiger partial charge on any atom is -0.497 e. The van der Waals surface area contributed by atoms with Crippen molar-refractivity contribution in [2.45, 2.75) is 0 Å². The second-order valence-electron chi connectivity index (χ2n) is 5.71. The molecule has 0 spiro atoms. The van der Waals surface area contributed by atoms with Crippen LogP contribution in [-0.2, 0) is 0 Å². The number of thiazole rings is 1. The molecule has 2 aromatic heterocycles. The first-order valence-corrected chi connectivity index (χ1v) is 8.96. The number of benzene rings is 2. The highest BCUT2D eigenvalue weighted by Crippen LogP contribution is 2.27. The van der Waals surface area contributed by atoms with E-state index in [0.717, 1.165) is 5.39 Å². The van der Waals surface area contributed by atoms with Gasteiger partial charge in [-0.3, -0.25) is 10.1 Å². The minimum absolute atomic E-state index is 0.258. The summed E-state index contributed by atoms with van der Waals surface area (Å²) in [5, 5.41) is 5.58. The monoisotopic (exact) mass is 378 g/mol. The van der Waals surface area contributed by atoms with E-state index in [-0.39, 0.29) is 5.91 Å².